The molecule has 0 bridgehead atoms. The molecule has 2 amide bonds. The summed E-state index contributed by atoms with van der Waals surface area (Å²) in [7, 11) is 0. The van der Waals surface area contributed by atoms with Crippen LogP contribution in [0.25, 0.3) is 0 Å². The highest BCUT2D eigenvalue weighted by molar-refractivity contribution is 5.77. The van der Waals surface area contributed by atoms with E-state index in [-0.39, 0.29) is 19.6 Å². The Morgan fingerprint density at radius 2 is 2.31 bits per heavy atom. The number of aliphatic hydroxyl groups is 1. The summed E-state index contributed by atoms with van der Waals surface area (Å²) >= 11 is 0. The van der Waals surface area contributed by atoms with Crippen molar-refractivity contribution in [1.29, 1.82) is 0 Å². The van der Waals surface area contributed by atoms with Crippen LogP contribution < -0.4 is 5.73 Å². The summed E-state index contributed by atoms with van der Waals surface area (Å²) in [6.45, 7) is 3.43. The van der Waals surface area contributed by atoms with Gasteiger partial charge in [0.1, 0.15) is 0 Å². The van der Waals surface area contributed by atoms with E-state index in [1.54, 1.807) is 0 Å². The molecule has 0 radical (unpaired) electrons. The van der Waals surface area contributed by atoms with Crippen LogP contribution in [0.15, 0.2) is 12.8 Å². The predicted molar refractivity (Wildman–Crippen MR) is 47.4 cm³/mol. The number of carbonyl (C=O) groups is 2. The average molecular weight is 186 g/mol. The van der Waals surface area contributed by atoms with E-state index < -0.39 is 11.8 Å². The standard InChI is InChI=1S/C8H14N2O3/c1-2-10(6-12)5-7(3-4-11)8(9)13/h2,6-7,11H,1,3-5H2,(H2,9,13). The van der Waals surface area contributed by atoms with Gasteiger partial charge in [-0.15, -0.1) is 0 Å². The van der Waals surface area contributed by atoms with Gasteiger partial charge in [0.05, 0.1) is 5.92 Å². The summed E-state index contributed by atoms with van der Waals surface area (Å²) in [6.07, 6.45) is 2.12. The van der Waals surface area contributed by atoms with Crippen LogP contribution >= 0.6 is 0 Å². The molecule has 0 saturated heterocycles. The van der Waals surface area contributed by atoms with E-state index in [4.69, 9.17) is 10.8 Å². The van der Waals surface area contributed by atoms with Crippen molar-refractivity contribution in [2.24, 2.45) is 11.7 Å². The summed E-state index contributed by atoms with van der Waals surface area (Å²) in [5.41, 5.74) is 5.05. The molecule has 0 rings (SSSR count). The molecule has 0 aromatic rings. The van der Waals surface area contributed by atoms with Crippen molar-refractivity contribution in [2.75, 3.05) is 13.2 Å². The molecule has 74 valence electrons. The fraction of sp³-hybridized carbons (Fsp3) is 0.500. The number of nitrogens with two attached hydrogens (primary N) is 1. The zero-order valence-electron chi connectivity index (χ0n) is 7.35. The van der Waals surface area contributed by atoms with Crippen molar-refractivity contribution >= 4 is 12.3 Å². The molecule has 1 atom stereocenters. The van der Waals surface area contributed by atoms with Crippen molar-refractivity contribution in [2.45, 2.75) is 6.42 Å². The topological polar surface area (TPSA) is 83.6 Å². The summed E-state index contributed by atoms with van der Waals surface area (Å²) < 4.78 is 0. The SMILES string of the molecule is C=CN(C=O)CC(CCO)C(N)=O. The van der Waals surface area contributed by atoms with Gasteiger partial charge in [0.2, 0.25) is 12.3 Å². The number of primary amides is 1. The van der Waals surface area contributed by atoms with Gasteiger partial charge in [-0.05, 0) is 12.6 Å². The lowest BCUT2D eigenvalue weighted by molar-refractivity contribution is -0.124. The Hall–Kier alpha value is -1.36. The zero-order valence-corrected chi connectivity index (χ0v) is 7.35. The third-order valence-electron chi connectivity index (χ3n) is 1.68. The molecular weight excluding hydrogens is 172 g/mol. The van der Waals surface area contributed by atoms with Gasteiger partial charge in [-0.2, -0.15) is 0 Å². The van der Waals surface area contributed by atoms with Crippen molar-refractivity contribution in [3.05, 3.63) is 12.8 Å². The third kappa shape index (κ3) is 4.27. The number of hydrogen-bond acceptors (Lipinski definition) is 3. The lowest BCUT2D eigenvalue weighted by atomic mass is 10.1. The lowest BCUT2D eigenvalue weighted by Gasteiger charge is -2.17. The van der Waals surface area contributed by atoms with Crippen LogP contribution in [0.5, 0.6) is 0 Å². The van der Waals surface area contributed by atoms with Crippen LogP contribution in [0, 0.1) is 5.92 Å². The van der Waals surface area contributed by atoms with Gasteiger partial charge < -0.3 is 15.7 Å². The maximum absolute atomic E-state index is 10.8. The van der Waals surface area contributed by atoms with Crippen molar-refractivity contribution in [3.8, 4) is 0 Å². The van der Waals surface area contributed by atoms with E-state index in [9.17, 15) is 9.59 Å². The molecule has 0 fully saturated rings. The minimum absolute atomic E-state index is 0.128. The molecule has 0 aliphatic rings. The number of rotatable bonds is 7. The summed E-state index contributed by atoms with van der Waals surface area (Å²) in [4.78, 5) is 22.3. The molecule has 0 aromatic carbocycles. The fourth-order valence-electron chi connectivity index (χ4n) is 0.894. The molecule has 5 nitrogen and oxygen atoms in total. The van der Waals surface area contributed by atoms with E-state index in [0.29, 0.717) is 6.41 Å². The first-order valence-electron chi connectivity index (χ1n) is 3.89. The number of aliphatic hydroxyl groups excluding tert-OH is 1. The van der Waals surface area contributed by atoms with Crippen molar-refractivity contribution in [1.82, 2.24) is 4.90 Å². The smallest absolute Gasteiger partial charge is 0.222 e. The fourth-order valence-corrected chi connectivity index (χ4v) is 0.894. The van der Waals surface area contributed by atoms with Gasteiger partial charge in [-0.1, -0.05) is 6.58 Å². The zero-order chi connectivity index (χ0) is 10.3. The third-order valence-corrected chi connectivity index (χ3v) is 1.68. The second-order valence-electron chi connectivity index (χ2n) is 2.60. The maximum Gasteiger partial charge on any atom is 0.222 e. The van der Waals surface area contributed by atoms with Crippen LogP contribution in [0.4, 0.5) is 0 Å². The molecule has 0 spiro atoms. The van der Waals surface area contributed by atoms with Crippen LogP contribution in [0.1, 0.15) is 6.42 Å². The molecule has 0 aromatic heterocycles. The number of amides is 2. The van der Waals surface area contributed by atoms with Crippen molar-refractivity contribution < 1.29 is 14.7 Å². The Kier molecular flexibility index (Phi) is 5.54. The van der Waals surface area contributed by atoms with Gasteiger partial charge in [0, 0.05) is 13.2 Å². The summed E-state index contributed by atoms with van der Waals surface area (Å²) in [5.74, 6) is -1.05. The molecule has 1 unspecified atom stereocenters. The van der Waals surface area contributed by atoms with Crippen LogP contribution in [-0.4, -0.2) is 35.5 Å². The molecule has 0 aliphatic carbocycles. The summed E-state index contributed by atoms with van der Waals surface area (Å²) in [5, 5.41) is 8.60. The van der Waals surface area contributed by atoms with Gasteiger partial charge in [0.15, 0.2) is 0 Å². The molecule has 13 heavy (non-hydrogen) atoms. The first-order chi connectivity index (χ1) is 6.15. The van der Waals surface area contributed by atoms with Gasteiger partial charge in [-0.25, -0.2) is 0 Å². The number of hydrogen-bond donors (Lipinski definition) is 2. The number of carbonyl (C=O) groups excluding carboxylic acids is 2. The average Bonchev–Trinajstić information content (AvgIpc) is 2.11. The van der Waals surface area contributed by atoms with E-state index in [1.807, 2.05) is 0 Å². The maximum atomic E-state index is 10.8. The van der Waals surface area contributed by atoms with Crippen LogP contribution in [0.2, 0.25) is 0 Å². The van der Waals surface area contributed by atoms with Gasteiger partial charge >= 0.3 is 0 Å². The molecule has 0 heterocycles. The summed E-state index contributed by atoms with van der Waals surface area (Å²) in [6, 6.07) is 0. The minimum Gasteiger partial charge on any atom is -0.396 e. The highest BCUT2D eigenvalue weighted by atomic mass is 16.3. The normalized spacial score (nSPS) is 11.8. The molecule has 5 heteroatoms. The van der Waals surface area contributed by atoms with E-state index >= 15 is 0 Å². The van der Waals surface area contributed by atoms with Crippen LogP contribution in [0.3, 0.4) is 0 Å². The second-order valence-corrected chi connectivity index (χ2v) is 2.60. The molecular formula is C8H14N2O3. The Balaban J connectivity index is 4.14. The Labute approximate surface area is 76.8 Å². The van der Waals surface area contributed by atoms with Gasteiger partial charge in [0.25, 0.3) is 0 Å². The Morgan fingerprint density at radius 3 is 2.62 bits per heavy atom. The molecule has 0 saturated carbocycles. The molecule has 0 aliphatic heterocycles. The van der Waals surface area contributed by atoms with Crippen molar-refractivity contribution in [3.63, 3.8) is 0 Å². The highest BCUT2D eigenvalue weighted by Crippen LogP contribution is 2.03. The minimum atomic E-state index is -0.525. The Bertz CT molecular complexity index is 186. The van der Waals surface area contributed by atoms with Crippen LogP contribution in [-0.2, 0) is 9.59 Å². The lowest BCUT2D eigenvalue weighted by Crippen LogP contribution is -2.33. The van der Waals surface area contributed by atoms with Gasteiger partial charge in [-0.3, -0.25) is 9.59 Å². The first kappa shape index (κ1) is 11.6. The first-order valence-corrected chi connectivity index (χ1v) is 3.89. The Morgan fingerprint density at radius 1 is 1.69 bits per heavy atom. The predicted octanol–water partition coefficient (Wildman–Crippen LogP) is -0.928. The molecule has 3 N–H and O–H groups in total. The monoisotopic (exact) mass is 186 g/mol. The van der Waals surface area contributed by atoms with E-state index in [1.165, 1.54) is 11.1 Å². The quantitative estimate of drug-likeness (QED) is 0.504. The highest BCUT2D eigenvalue weighted by Gasteiger charge is 2.16. The second kappa shape index (κ2) is 6.19. The largest absolute Gasteiger partial charge is 0.396 e. The van der Waals surface area contributed by atoms with E-state index in [0.717, 1.165) is 0 Å². The van der Waals surface area contributed by atoms with E-state index in [2.05, 4.69) is 6.58 Å². The number of nitrogens with zero attached hydrogens (tertiary/aromatic N) is 1.